The number of nitrogens with two attached hydrogens (primary N) is 1. The van der Waals surface area contributed by atoms with Crippen molar-refractivity contribution in [3.63, 3.8) is 0 Å². The number of isocyanates is 1. The van der Waals surface area contributed by atoms with Crippen molar-refractivity contribution in [2.75, 3.05) is 17.6 Å². The van der Waals surface area contributed by atoms with E-state index in [9.17, 15) is 4.79 Å². The number of nitrogens with zero attached hydrogens (tertiary/aromatic N) is 2. The predicted molar refractivity (Wildman–Crippen MR) is 95.2 cm³/mol. The number of hydrogen-bond donors (Lipinski definition) is 2. The minimum atomic E-state index is 0.641. The Morgan fingerprint density at radius 3 is 2.70 bits per heavy atom. The molecule has 0 bridgehead atoms. The molecule has 0 aromatic heterocycles. The number of aryl methyl sites for hydroxylation is 2. The van der Waals surface area contributed by atoms with Gasteiger partial charge < -0.3 is 11.1 Å². The lowest BCUT2D eigenvalue weighted by molar-refractivity contribution is 0.565. The van der Waals surface area contributed by atoms with Gasteiger partial charge in [-0.25, -0.2) is 4.79 Å². The van der Waals surface area contributed by atoms with Crippen molar-refractivity contribution in [1.82, 2.24) is 0 Å². The van der Waals surface area contributed by atoms with E-state index in [-0.39, 0.29) is 0 Å². The lowest BCUT2D eigenvalue weighted by Crippen LogP contribution is -1.99. The number of anilines is 2. The molecule has 5 heteroatoms. The fraction of sp³-hybridized carbons (Fsp3) is 0.222. The van der Waals surface area contributed by atoms with Crippen molar-refractivity contribution in [2.24, 2.45) is 9.98 Å². The molecule has 0 fully saturated rings. The van der Waals surface area contributed by atoms with Crippen LogP contribution in [-0.2, 0) is 11.2 Å². The molecule has 23 heavy (non-hydrogen) atoms. The average Bonchev–Trinajstić information content (AvgIpc) is 2.53. The van der Waals surface area contributed by atoms with Gasteiger partial charge in [-0.1, -0.05) is 18.2 Å². The van der Waals surface area contributed by atoms with Crippen molar-refractivity contribution in [3.8, 4) is 0 Å². The molecule has 0 aliphatic carbocycles. The summed E-state index contributed by atoms with van der Waals surface area (Å²) >= 11 is 0. The van der Waals surface area contributed by atoms with E-state index in [4.69, 9.17) is 5.73 Å². The first-order valence-corrected chi connectivity index (χ1v) is 7.38. The van der Waals surface area contributed by atoms with Crippen LogP contribution < -0.4 is 11.1 Å². The van der Waals surface area contributed by atoms with Gasteiger partial charge in [0.05, 0.1) is 12.0 Å². The lowest BCUT2D eigenvalue weighted by atomic mass is 10.1. The number of nitrogens with one attached hydrogen (secondary N) is 1. The van der Waals surface area contributed by atoms with E-state index in [0.717, 1.165) is 34.5 Å². The number of hydrogen-bond acceptors (Lipinski definition) is 4. The normalized spacial score (nSPS) is 10.5. The first kappa shape index (κ1) is 16.5. The Hall–Kier alpha value is -2.91. The van der Waals surface area contributed by atoms with E-state index in [1.54, 1.807) is 12.4 Å². The molecule has 0 unspecified atom stereocenters. The summed E-state index contributed by atoms with van der Waals surface area (Å²) in [5.41, 5.74) is 11.3. The summed E-state index contributed by atoms with van der Waals surface area (Å²) in [6.45, 7) is 4.52. The predicted octanol–water partition coefficient (Wildman–Crippen LogP) is 3.54. The van der Waals surface area contributed by atoms with Gasteiger partial charge in [0.1, 0.15) is 0 Å². The van der Waals surface area contributed by atoms with Crippen LogP contribution >= 0.6 is 0 Å². The first-order valence-electron chi connectivity index (χ1n) is 7.38. The minimum absolute atomic E-state index is 0.641. The Labute approximate surface area is 136 Å². The number of nitrogen functional groups attached to an aromatic ring is 1. The van der Waals surface area contributed by atoms with Gasteiger partial charge in [0, 0.05) is 17.9 Å². The third-order valence-electron chi connectivity index (χ3n) is 3.57. The van der Waals surface area contributed by atoms with Gasteiger partial charge in [-0.2, -0.15) is 4.99 Å². The van der Waals surface area contributed by atoms with E-state index in [1.807, 2.05) is 50.2 Å². The second-order valence-electron chi connectivity index (χ2n) is 5.32. The van der Waals surface area contributed by atoms with Gasteiger partial charge in [-0.05, 0) is 55.2 Å². The molecule has 0 saturated heterocycles. The molecule has 0 radical (unpaired) electrons. The maximum Gasteiger partial charge on any atom is 0.240 e. The molecule has 0 spiro atoms. The molecule has 118 valence electrons. The molecular weight excluding hydrogens is 288 g/mol. The third-order valence-corrected chi connectivity index (χ3v) is 3.57. The summed E-state index contributed by atoms with van der Waals surface area (Å²) in [4.78, 5) is 18.4. The van der Waals surface area contributed by atoms with Crippen LogP contribution in [0.3, 0.4) is 0 Å². The molecule has 5 nitrogen and oxygen atoms in total. The van der Waals surface area contributed by atoms with Crippen molar-refractivity contribution in [3.05, 3.63) is 53.1 Å². The molecule has 0 amide bonds. The van der Waals surface area contributed by atoms with Crippen molar-refractivity contribution in [2.45, 2.75) is 20.3 Å². The molecule has 3 N–H and O–H groups in total. The van der Waals surface area contributed by atoms with E-state index in [2.05, 4.69) is 15.3 Å². The van der Waals surface area contributed by atoms with Crippen LogP contribution in [0.1, 0.15) is 16.7 Å². The van der Waals surface area contributed by atoms with Gasteiger partial charge in [0.2, 0.25) is 6.08 Å². The molecule has 0 saturated carbocycles. The summed E-state index contributed by atoms with van der Waals surface area (Å²) in [6.07, 6.45) is 4.02. The van der Waals surface area contributed by atoms with Crippen LogP contribution in [0.25, 0.3) is 0 Å². The fourth-order valence-corrected chi connectivity index (χ4v) is 2.09. The highest BCUT2D eigenvalue weighted by Crippen LogP contribution is 2.20. The Kier molecular flexibility index (Phi) is 5.67. The number of aliphatic imine (C=N–C) groups is 2. The van der Waals surface area contributed by atoms with Crippen LogP contribution in [0.15, 0.2) is 46.4 Å². The molecule has 2 aromatic rings. The highest BCUT2D eigenvalue weighted by atomic mass is 16.1. The van der Waals surface area contributed by atoms with Crippen LogP contribution in [0.2, 0.25) is 0 Å². The van der Waals surface area contributed by atoms with Crippen molar-refractivity contribution in [1.29, 1.82) is 0 Å². The number of rotatable bonds is 6. The molecule has 2 aromatic carbocycles. The summed E-state index contributed by atoms with van der Waals surface area (Å²) in [6, 6.07) is 11.7. The molecule has 0 aliphatic heterocycles. The summed E-state index contributed by atoms with van der Waals surface area (Å²) in [5.74, 6) is 0. The standard InChI is InChI=1S/C18H20N4O/c1-13-4-6-16(10-17(13)19)21-11-20-8-7-15-5-3-14(2)18(9-15)22-12-23/h3-6,9-11H,7-8,19H2,1-2H3,(H,20,21). The molecule has 0 atom stereocenters. The van der Waals surface area contributed by atoms with Crippen LogP contribution in [0, 0.1) is 13.8 Å². The van der Waals surface area contributed by atoms with Gasteiger partial charge in [0.25, 0.3) is 0 Å². The van der Waals surface area contributed by atoms with Gasteiger partial charge in [-0.15, -0.1) is 0 Å². The Bertz CT molecular complexity index is 762. The van der Waals surface area contributed by atoms with E-state index < -0.39 is 0 Å². The monoisotopic (exact) mass is 308 g/mol. The summed E-state index contributed by atoms with van der Waals surface area (Å²) in [7, 11) is 0. The van der Waals surface area contributed by atoms with Gasteiger partial charge >= 0.3 is 0 Å². The molecular formula is C18H20N4O. The Morgan fingerprint density at radius 1 is 1.17 bits per heavy atom. The smallest absolute Gasteiger partial charge is 0.240 e. The van der Waals surface area contributed by atoms with Crippen LogP contribution in [0.5, 0.6) is 0 Å². The zero-order valence-electron chi connectivity index (χ0n) is 13.3. The highest BCUT2D eigenvalue weighted by molar-refractivity contribution is 5.77. The average molecular weight is 308 g/mol. The highest BCUT2D eigenvalue weighted by Gasteiger charge is 1.99. The first-order chi connectivity index (χ1) is 11.1. The van der Waals surface area contributed by atoms with Crippen LogP contribution in [-0.4, -0.2) is 19.0 Å². The van der Waals surface area contributed by atoms with Gasteiger partial charge in [-0.3, -0.25) is 4.99 Å². The Balaban J connectivity index is 1.88. The maximum atomic E-state index is 10.4. The van der Waals surface area contributed by atoms with E-state index in [1.165, 1.54) is 0 Å². The Morgan fingerprint density at radius 2 is 1.96 bits per heavy atom. The second-order valence-corrected chi connectivity index (χ2v) is 5.32. The SMILES string of the molecule is Cc1ccc(NC=NCCc2ccc(C)c(N=C=O)c2)cc1N. The largest absolute Gasteiger partial charge is 0.398 e. The maximum absolute atomic E-state index is 10.4. The molecule has 0 heterocycles. The van der Waals surface area contributed by atoms with Crippen molar-refractivity contribution >= 4 is 29.5 Å². The molecule has 0 aliphatic rings. The van der Waals surface area contributed by atoms with Gasteiger partial charge in [0.15, 0.2) is 0 Å². The van der Waals surface area contributed by atoms with E-state index >= 15 is 0 Å². The van der Waals surface area contributed by atoms with E-state index in [0.29, 0.717) is 12.2 Å². The minimum Gasteiger partial charge on any atom is -0.398 e. The topological polar surface area (TPSA) is 79.8 Å². The van der Waals surface area contributed by atoms with Crippen molar-refractivity contribution < 1.29 is 4.79 Å². The third kappa shape index (κ3) is 4.80. The number of benzene rings is 2. The molecule has 2 rings (SSSR count). The fourth-order valence-electron chi connectivity index (χ4n) is 2.09. The summed E-state index contributed by atoms with van der Waals surface area (Å²) in [5, 5.41) is 3.10. The summed E-state index contributed by atoms with van der Waals surface area (Å²) < 4.78 is 0. The second kappa shape index (κ2) is 7.92. The van der Waals surface area contributed by atoms with Crippen LogP contribution in [0.4, 0.5) is 17.1 Å². The number of carbonyl (C=O) groups excluding carboxylic acids is 1. The lowest BCUT2D eigenvalue weighted by Gasteiger charge is -2.04. The quantitative estimate of drug-likeness (QED) is 0.371. The zero-order chi connectivity index (χ0) is 16.7. The zero-order valence-corrected chi connectivity index (χ0v) is 13.3.